The molecule has 0 saturated carbocycles. The Morgan fingerprint density at radius 1 is 1.38 bits per heavy atom. The van der Waals surface area contributed by atoms with Crippen LogP contribution in [-0.2, 0) is 11.2 Å². The molecule has 0 atom stereocenters. The van der Waals surface area contributed by atoms with E-state index in [0.29, 0.717) is 6.42 Å². The molecule has 0 aliphatic carbocycles. The second-order valence-electron chi connectivity index (χ2n) is 4.39. The van der Waals surface area contributed by atoms with Gasteiger partial charge in [-0.1, -0.05) is 0 Å². The summed E-state index contributed by atoms with van der Waals surface area (Å²) in [7, 11) is 0. The topological polar surface area (TPSA) is 40.5 Å². The Hall–Kier alpha value is -1.51. The third-order valence-corrected chi connectivity index (χ3v) is 2.97. The van der Waals surface area contributed by atoms with E-state index in [2.05, 4.69) is 4.90 Å². The van der Waals surface area contributed by atoms with Crippen molar-refractivity contribution < 1.29 is 9.90 Å². The van der Waals surface area contributed by atoms with E-state index in [0.717, 1.165) is 24.3 Å². The van der Waals surface area contributed by atoms with E-state index in [9.17, 15) is 9.90 Å². The molecule has 0 spiro atoms. The van der Waals surface area contributed by atoms with Crippen LogP contribution < -0.4 is 4.90 Å². The number of Topliss-reactive ketones (excluding diaryl/α,β-unsaturated/α-hetero) is 1. The molecule has 2 rings (SSSR count). The molecule has 3 heteroatoms. The lowest BCUT2D eigenvalue weighted by atomic mass is 10.1. The van der Waals surface area contributed by atoms with Crippen molar-refractivity contribution in [2.45, 2.75) is 26.2 Å². The molecule has 1 aromatic carbocycles. The highest BCUT2D eigenvalue weighted by Gasteiger charge is 2.14. The Bertz CT molecular complexity index is 395. The Balaban J connectivity index is 2.23. The van der Waals surface area contributed by atoms with Gasteiger partial charge in [0.15, 0.2) is 0 Å². The highest BCUT2D eigenvalue weighted by Crippen LogP contribution is 2.26. The minimum absolute atomic E-state index is 0.0777. The fourth-order valence-electron chi connectivity index (χ4n) is 2.15. The average molecular weight is 219 g/mol. The fraction of sp³-hybridized carbons (Fsp3) is 0.462. The largest absolute Gasteiger partial charge is 0.508 e. The predicted molar refractivity (Wildman–Crippen MR) is 63.9 cm³/mol. The number of carbonyl (C=O) groups is 1. The summed E-state index contributed by atoms with van der Waals surface area (Å²) in [5.41, 5.74) is 1.85. The lowest BCUT2D eigenvalue weighted by Crippen LogP contribution is -2.17. The maximum Gasteiger partial charge on any atom is 0.134 e. The normalized spacial score (nSPS) is 15.4. The van der Waals surface area contributed by atoms with Crippen LogP contribution in [0.2, 0.25) is 0 Å². The molecule has 1 aliphatic heterocycles. The minimum Gasteiger partial charge on any atom is -0.508 e. The molecule has 16 heavy (non-hydrogen) atoms. The number of nitrogens with zero attached hydrogens (tertiary/aromatic N) is 1. The maximum atomic E-state index is 11.1. The van der Waals surface area contributed by atoms with Crippen molar-refractivity contribution in [2.75, 3.05) is 18.0 Å². The molecular formula is C13H17NO2. The lowest BCUT2D eigenvalue weighted by molar-refractivity contribution is -0.116. The van der Waals surface area contributed by atoms with E-state index >= 15 is 0 Å². The second-order valence-corrected chi connectivity index (χ2v) is 4.39. The predicted octanol–water partition coefficient (Wildman–Crippen LogP) is 2.12. The highest BCUT2D eigenvalue weighted by molar-refractivity contribution is 5.79. The van der Waals surface area contributed by atoms with Crippen molar-refractivity contribution in [3.8, 4) is 5.75 Å². The summed E-state index contributed by atoms with van der Waals surface area (Å²) in [4.78, 5) is 13.4. The molecule has 86 valence electrons. The van der Waals surface area contributed by atoms with Gasteiger partial charge in [-0.25, -0.2) is 0 Å². The Morgan fingerprint density at radius 3 is 2.69 bits per heavy atom. The average Bonchev–Trinajstić information content (AvgIpc) is 2.73. The summed E-state index contributed by atoms with van der Waals surface area (Å²) >= 11 is 0. The summed E-state index contributed by atoms with van der Waals surface area (Å²) in [6, 6.07) is 5.54. The van der Waals surface area contributed by atoms with Crippen molar-refractivity contribution in [2.24, 2.45) is 0 Å². The number of ketones is 1. The van der Waals surface area contributed by atoms with E-state index < -0.39 is 0 Å². The van der Waals surface area contributed by atoms with Crippen molar-refractivity contribution in [3.05, 3.63) is 23.8 Å². The number of phenols is 1. The van der Waals surface area contributed by atoms with Gasteiger partial charge in [-0.05, 0) is 38.0 Å². The molecule has 0 bridgehead atoms. The number of carbonyl (C=O) groups excluding carboxylic acids is 1. The quantitative estimate of drug-likeness (QED) is 0.846. The standard InChI is InChI=1S/C13H17NO2/c1-10(15)8-11-9-12(4-5-13(11)16)14-6-2-3-7-14/h4-5,9,16H,2-3,6-8H2,1H3. The monoisotopic (exact) mass is 219 g/mol. The SMILES string of the molecule is CC(=O)Cc1cc(N2CCCC2)ccc1O. The first-order valence-corrected chi connectivity index (χ1v) is 5.73. The molecule has 1 aromatic rings. The van der Waals surface area contributed by atoms with Crippen molar-refractivity contribution >= 4 is 11.5 Å². The van der Waals surface area contributed by atoms with Gasteiger partial charge in [0.1, 0.15) is 11.5 Å². The van der Waals surface area contributed by atoms with Crippen molar-refractivity contribution in [1.82, 2.24) is 0 Å². The van der Waals surface area contributed by atoms with E-state index in [1.54, 1.807) is 13.0 Å². The molecule has 0 amide bonds. The van der Waals surface area contributed by atoms with Crippen LogP contribution >= 0.6 is 0 Å². The fourth-order valence-corrected chi connectivity index (χ4v) is 2.15. The number of aromatic hydroxyl groups is 1. The van der Waals surface area contributed by atoms with Gasteiger partial charge in [-0.15, -0.1) is 0 Å². The van der Waals surface area contributed by atoms with Crippen LogP contribution in [0.4, 0.5) is 5.69 Å². The van der Waals surface area contributed by atoms with E-state index in [1.165, 1.54) is 12.8 Å². The minimum atomic E-state index is 0.0777. The number of hydrogen-bond acceptors (Lipinski definition) is 3. The molecule has 1 N–H and O–H groups in total. The number of benzene rings is 1. The third-order valence-electron chi connectivity index (χ3n) is 2.97. The van der Waals surface area contributed by atoms with Gasteiger partial charge in [-0.3, -0.25) is 4.79 Å². The smallest absolute Gasteiger partial charge is 0.134 e. The molecule has 1 heterocycles. The number of anilines is 1. The van der Waals surface area contributed by atoms with Crippen LogP contribution in [0.25, 0.3) is 0 Å². The first-order valence-electron chi connectivity index (χ1n) is 5.73. The number of phenolic OH excluding ortho intramolecular Hbond substituents is 1. The van der Waals surface area contributed by atoms with Gasteiger partial charge in [0.25, 0.3) is 0 Å². The van der Waals surface area contributed by atoms with Gasteiger partial charge in [0.05, 0.1) is 0 Å². The van der Waals surface area contributed by atoms with Gasteiger partial charge in [0.2, 0.25) is 0 Å². The molecule has 0 radical (unpaired) electrons. The summed E-state index contributed by atoms with van der Waals surface area (Å²) in [6.07, 6.45) is 2.76. The first kappa shape index (κ1) is 11.0. The summed E-state index contributed by atoms with van der Waals surface area (Å²) in [5.74, 6) is 0.298. The van der Waals surface area contributed by atoms with Crippen LogP contribution in [0.15, 0.2) is 18.2 Å². The molecule has 1 fully saturated rings. The molecular weight excluding hydrogens is 202 g/mol. The van der Waals surface area contributed by atoms with Gasteiger partial charge < -0.3 is 10.0 Å². The second kappa shape index (κ2) is 4.56. The van der Waals surface area contributed by atoms with Crippen LogP contribution in [0.5, 0.6) is 5.75 Å². The number of hydrogen-bond donors (Lipinski definition) is 1. The Morgan fingerprint density at radius 2 is 2.06 bits per heavy atom. The number of rotatable bonds is 3. The summed E-state index contributed by atoms with van der Waals surface area (Å²) in [5, 5.41) is 9.66. The van der Waals surface area contributed by atoms with Crippen LogP contribution in [0, 0.1) is 0 Å². The van der Waals surface area contributed by atoms with Crippen LogP contribution in [0.1, 0.15) is 25.3 Å². The summed E-state index contributed by atoms with van der Waals surface area (Å²) in [6.45, 7) is 3.69. The zero-order valence-corrected chi connectivity index (χ0v) is 9.57. The van der Waals surface area contributed by atoms with E-state index in [1.807, 2.05) is 12.1 Å². The molecule has 1 aliphatic rings. The zero-order valence-electron chi connectivity index (χ0n) is 9.57. The summed E-state index contributed by atoms with van der Waals surface area (Å²) < 4.78 is 0. The van der Waals surface area contributed by atoms with Gasteiger partial charge >= 0.3 is 0 Å². The van der Waals surface area contributed by atoms with Gasteiger partial charge in [-0.2, -0.15) is 0 Å². The highest BCUT2D eigenvalue weighted by atomic mass is 16.3. The maximum absolute atomic E-state index is 11.1. The molecule has 0 unspecified atom stereocenters. The van der Waals surface area contributed by atoms with Crippen molar-refractivity contribution in [1.29, 1.82) is 0 Å². The molecule has 3 nitrogen and oxygen atoms in total. The van der Waals surface area contributed by atoms with E-state index in [-0.39, 0.29) is 11.5 Å². The van der Waals surface area contributed by atoms with Crippen molar-refractivity contribution in [3.63, 3.8) is 0 Å². The molecule has 0 aromatic heterocycles. The van der Waals surface area contributed by atoms with Crippen LogP contribution in [0.3, 0.4) is 0 Å². The van der Waals surface area contributed by atoms with Crippen LogP contribution in [-0.4, -0.2) is 24.0 Å². The molecule has 1 saturated heterocycles. The van der Waals surface area contributed by atoms with Gasteiger partial charge in [0, 0.05) is 30.8 Å². The zero-order chi connectivity index (χ0) is 11.5. The lowest BCUT2D eigenvalue weighted by Gasteiger charge is -2.18. The third kappa shape index (κ3) is 2.35. The Kier molecular flexibility index (Phi) is 3.13. The first-order chi connectivity index (χ1) is 7.66. The Labute approximate surface area is 95.7 Å². The van der Waals surface area contributed by atoms with E-state index in [4.69, 9.17) is 0 Å².